The molecule has 0 spiro atoms. The van der Waals surface area contributed by atoms with Crippen LogP contribution in [0.4, 0.5) is 0 Å². The van der Waals surface area contributed by atoms with Crippen LogP contribution in [0.2, 0.25) is 0 Å². The van der Waals surface area contributed by atoms with E-state index in [-0.39, 0.29) is 0 Å². The molecule has 1 saturated carbocycles. The average Bonchev–Trinajstić information content (AvgIpc) is 2.39. The summed E-state index contributed by atoms with van der Waals surface area (Å²) in [6, 6.07) is 2.41. The van der Waals surface area contributed by atoms with E-state index in [0.29, 0.717) is 18.4 Å². The number of rotatable bonds is 2. The number of aliphatic hydroxyl groups is 1. The van der Waals surface area contributed by atoms with Crippen LogP contribution in [-0.2, 0) is 4.74 Å². The molecule has 3 atom stereocenters. The number of hydrogen-bond acceptors (Lipinski definition) is 3. The Morgan fingerprint density at radius 2 is 2.11 bits per heavy atom. The van der Waals surface area contributed by atoms with Gasteiger partial charge in [-0.1, -0.05) is 20.3 Å². The highest BCUT2D eigenvalue weighted by atomic mass is 16.5. The summed E-state index contributed by atoms with van der Waals surface area (Å²) in [6.07, 6.45) is 5.41. The van der Waals surface area contributed by atoms with Crippen LogP contribution in [0.15, 0.2) is 0 Å². The average molecular weight is 251 g/mol. The topological polar surface area (TPSA) is 53.2 Å². The van der Waals surface area contributed by atoms with E-state index < -0.39 is 11.0 Å². The molecular weight excluding hydrogens is 226 g/mol. The predicted molar refractivity (Wildman–Crippen MR) is 69.8 cm³/mol. The van der Waals surface area contributed by atoms with Crippen molar-refractivity contribution in [3.05, 3.63) is 0 Å². The Morgan fingerprint density at radius 1 is 1.33 bits per heavy atom. The van der Waals surface area contributed by atoms with Crippen LogP contribution in [0, 0.1) is 28.6 Å². The molecule has 1 aliphatic carbocycles. The lowest BCUT2D eigenvalue weighted by atomic mass is 9.60. The Morgan fingerprint density at radius 3 is 2.67 bits per heavy atom. The third kappa shape index (κ3) is 2.29. The number of nitrogens with zero attached hydrogens (tertiary/aromatic N) is 1. The van der Waals surface area contributed by atoms with Gasteiger partial charge >= 0.3 is 0 Å². The summed E-state index contributed by atoms with van der Waals surface area (Å²) in [7, 11) is 0. The van der Waals surface area contributed by atoms with Crippen molar-refractivity contribution in [1.29, 1.82) is 5.26 Å². The molecule has 0 bridgehead atoms. The summed E-state index contributed by atoms with van der Waals surface area (Å²) in [5.74, 6) is 1.12. The van der Waals surface area contributed by atoms with E-state index in [0.717, 1.165) is 38.7 Å². The van der Waals surface area contributed by atoms with Crippen molar-refractivity contribution in [3.8, 4) is 6.07 Å². The van der Waals surface area contributed by atoms with Crippen LogP contribution >= 0.6 is 0 Å². The second-order valence-corrected chi connectivity index (χ2v) is 6.48. The highest BCUT2D eigenvalue weighted by Gasteiger charge is 2.53. The van der Waals surface area contributed by atoms with Gasteiger partial charge in [-0.2, -0.15) is 5.26 Å². The number of hydrogen-bond donors (Lipinski definition) is 1. The van der Waals surface area contributed by atoms with Crippen molar-refractivity contribution in [1.82, 2.24) is 0 Å². The minimum Gasteiger partial charge on any atom is -0.388 e. The molecule has 0 aromatic carbocycles. The number of ether oxygens (including phenoxy) is 1. The van der Waals surface area contributed by atoms with E-state index in [1.54, 1.807) is 0 Å². The minimum atomic E-state index is -0.838. The number of nitriles is 1. The Balaban J connectivity index is 2.20. The summed E-state index contributed by atoms with van der Waals surface area (Å²) in [4.78, 5) is 0. The third-order valence-electron chi connectivity index (χ3n) is 5.05. The van der Waals surface area contributed by atoms with Crippen LogP contribution in [0.5, 0.6) is 0 Å². The lowest BCUT2D eigenvalue weighted by Crippen LogP contribution is -2.54. The van der Waals surface area contributed by atoms with Crippen LogP contribution in [0.1, 0.15) is 52.4 Å². The van der Waals surface area contributed by atoms with E-state index in [4.69, 9.17) is 4.74 Å². The molecule has 1 N–H and O–H groups in total. The van der Waals surface area contributed by atoms with Crippen molar-refractivity contribution in [2.45, 2.75) is 58.0 Å². The molecule has 2 aliphatic rings. The largest absolute Gasteiger partial charge is 0.388 e. The second kappa shape index (κ2) is 5.19. The highest BCUT2D eigenvalue weighted by Crippen LogP contribution is 2.49. The highest BCUT2D eigenvalue weighted by molar-refractivity contribution is 5.14. The van der Waals surface area contributed by atoms with Gasteiger partial charge in [0.15, 0.2) is 0 Å². The first-order valence-corrected chi connectivity index (χ1v) is 7.24. The quantitative estimate of drug-likeness (QED) is 0.821. The van der Waals surface area contributed by atoms with Gasteiger partial charge in [-0.05, 0) is 43.9 Å². The van der Waals surface area contributed by atoms with Crippen LogP contribution in [0.25, 0.3) is 0 Å². The first-order chi connectivity index (χ1) is 8.53. The summed E-state index contributed by atoms with van der Waals surface area (Å²) in [5, 5.41) is 20.7. The fourth-order valence-electron chi connectivity index (χ4n) is 3.65. The first kappa shape index (κ1) is 13.8. The maximum Gasteiger partial charge on any atom is 0.109 e. The summed E-state index contributed by atoms with van der Waals surface area (Å²) in [5.41, 5.74) is -1.51. The van der Waals surface area contributed by atoms with Crippen molar-refractivity contribution in [2.24, 2.45) is 17.3 Å². The lowest BCUT2D eigenvalue weighted by molar-refractivity contribution is -0.147. The molecule has 3 heteroatoms. The monoisotopic (exact) mass is 251 g/mol. The Kier molecular flexibility index (Phi) is 3.99. The second-order valence-electron chi connectivity index (χ2n) is 6.48. The Hall–Kier alpha value is -0.590. The van der Waals surface area contributed by atoms with Gasteiger partial charge in [0.2, 0.25) is 0 Å². The molecule has 1 saturated heterocycles. The molecule has 3 nitrogen and oxygen atoms in total. The van der Waals surface area contributed by atoms with Crippen LogP contribution in [-0.4, -0.2) is 23.9 Å². The Bertz CT molecular complexity index is 328. The molecule has 1 heterocycles. The van der Waals surface area contributed by atoms with Crippen molar-refractivity contribution >= 4 is 0 Å². The molecule has 102 valence electrons. The SMILES string of the molecule is CC(C)C1CCCC(O)(C2(C#N)CCCOC2)C1. The van der Waals surface area contributed by atoms with Crippen LogP contribution in [0.3, 0.4) is 0 Å². The zero-order chi connectivity index (χ0) is 13.2. The van der Waals surface area contributed by atoms with E-state index in [1.807, 2.05) is 0 Å². The van der Waals surface area contributed by atoms with Crippen molar-refractivity contribution < 1.29 is 9.84 Å². The maximum atomic E-state index is 11.1. The summed E-state index contributed by atoms with van der Waals surface area (Å²) >= 11 is 0. The minimum absolute atomic E-state index is 0.408. The van der Waals surface area contributed by atoms with Gasteiger partial charge < -0.3 is 9.84 Å². The lowest BCUT2D eigenvalue weighted by Gasteiger charge is -2.49. The summed E-state index contributed by atoms with van der Waals surface area (Å²) < 4.78 is 5.51. The van der Waals surface area contributed by atoms with E-state index in [2.05, 4.69) is 19.9 Å². The standard InChI is InChI=1S/C15H25NO2/c1-12(2)13-5-3-7-15(17,9-13)14(10-16)6-4-8-18-11-14/h12-13,17H,3-9,11H2,1-2H3. The van der Waals surface area contributed by atoms with Gasteiger partial charge in [-0.3, -0.25) is 0 Å². The van der Waals surface area contributed by atoms with E-state index >= 15 is 0 Å². The maximum absolute atomic E-state index is 11.1. The van der Waals surface area contributed by atoms with Crippen molar-refractivity contribution in [2.75, 3.05) is 13.2 Å². The smallest absolute Gasteiger partial charge is 0.109 e. The molecule has 1 aliphatic heterocycles. The fraction of sp³-hybridized carbons (Fsp3) is 0.933. The van der Waals surface area contributed by atoms with Crippen LogP contribution < -0.4 is 0 Å². The van der Waals surface area contributed by atoms with Gasteiger partial charge in [-0.15, -0.1) is 0 Å². The molecule has 0 amide bonds. The predicted octanol–water partition coefficient (Wildman–Crippen LogP) is 2.88. The molecular formula is C15H25NO2. The third-order valence-corrected chi connectivity index (χ3v) is 5.05. The summed E-state index contributed by atoms with van der Waals surface area (Å²) in [6.45, 7) is 5.57. The molecule has 0 aromatic rings. The molecule has 18 heavy (non-hydrogen) atoms. The van der Waals surface area contributed by atoms with E-state index in [9.17, 15) is 10.4 Å². The zero-order valence-corrected chi connectivity index (χ0v) is 11.6. The first-order valence-electron chi connectivity index (χ1n) is 7.24. The molecule has 3 unspecified atom stereocenters. The van der Waals surface area contributed by atoms with Gasteiger partial charge in [0.1, 0.15) is 5.41 Å². The van der Waals surface area contributed by atoms with E-state index in [1.165, 1.54) is 6.42 Å². The molecule has 0 radical (unpaired) electrons. The van der Waals surface area contributed by atoms with Gasteiger partial charge in [0.25, 0.3) is 0 Å². The van der Waals surface area contributed by atoms with Gasteiger partial charge in [0.05, 0.1) is 18.3 Å². The van der Waals surface area contributed by atoms with Gasteiger partial charge in [0, 0.05) is 6.61 Å². The molecule has 2 fully saturated rings. The Labute approximate surface area is 110 Å². The molecule has 2 rings (SSSR count). The van der Waals surface area contributed by atoms with Crippen molar-refractivity contribution in [3.63, 3.8) is 0 Å². The molecule has 0 aromatic heterocycles. The zero-order valence-electron chi connectivity index (χ0n) is 11.6. The van der Waals surface area contributed by atoms with Gasteiger partial charge in [-0.25, -0.2) is 0 Å². The fourth-order valence-corrected chi connectivity index (χ4v) is 3.65. The normalized spacial score (nSPS) is 41.6.